The van der Waals surface area contributed by atoms with Crippen LogP contribution in [0.1, 0.15) is 17.5 Å². The van der Waals surface area contributed by atoms with Crippen molar-refractivity contribution in [1.29, 1.82) is 0 Å². The number of aryl methyl sites for hydroxylation is 1. The predicted octanol–water partition coefficient (Wildman–Crippen LogP) is 3.78. The number of alkyl halides is 3. The number of nitrogens with zero attached hydrogens (tertiary/aromatic N) is 1. The lowest BCUT2D eigenvalue weighted by Crippen LogP contribution is -2.04. The molecule has 1 heterocycles. The monoisotopic (exact) mass is 295 g/mol. The van der Waals surface area contributed by atoms with Crippen LogP contribution in [0, 0.1) is 0 Å². The van der Waals surface area contributed by atoms with Crippen molar-refractivity contribution < 1.29 is 23.1 Å². The number of carboxylic acid groups (broad SMARTS) is 1. The molecule has 0 bridgehead atoms. The van der Waals surface area contributed by atoms with Gasteiger partial charge in [0, 0.05) is 18.2 Å². The maximum atomic E-state index is 12.5. The molecule has 1 N–H and O–H groups in total. The molecule has 1 aromatic carbocycles. The minimum Gasteiger partial charge on any atom is -0.481 e. The first-order valence-electron chi connectivity index (χ1n) is 6.21. The Hall–Kier alpha value is -2.37. The lowest BCUT2D eigenvalue weighted by Gasteiger charge is -2.10. The summed E-state index contributed by atoms with van der Waals surface area (Å²) in [6.45, 7) is 0. The highest BCUT2D eigenvalue weighted by Crippen LogP contribution is 2.31. The summed E-state index contributed by atoms with van der Waals surface area (Å²) in [7, 11) is 0. The Kier molecular flexibility index (Phi) is 4.26. The molecule has 1 aromatic heterocycles. The van der Waals surface area contributed by atoms with E-state index < -0.39 is 17.7 Å². The quantitative estimate of drug-likeness (QED) is 0.933. The minimum absolute atomic E-state index is 0.0562. The lowest BCUT2D eigenvalue weighted by atomic mass is 10.0. The summed E-state index contributed by atoms with van der Waals surface area (Å²) in [5.74, 6) is -0.933. The third-order valence-corrected chi connectivity index (χ3v) is 2.99. The van der Waals surface area contributed by atoms with E-state index in [1.54, 1.807) is 12.1 Å². The molecule has 0 saturated carbocycles. The van der Waals surface area contributed by atoms with Gasteiger partial charge in [0.15, 0.2) is 0 Å². The number of hydrogen-bond donors (Lipinski definition) is 1. The number of hydrogen-bond acceptors (Lipinski definition) is 2. The lowest BCUT2D eigenvalue weighted by molar-refractivity contribution is -0.138. The van der Waals surface area contributed by atoms with Crippen molar-refractivity contribution in [3.05, 3.63) is 53.7 Å². The molecule has 0 spiro atoms. The van der Waals surface area contributed by atoms with E-state index in [4.69, 9.17) is 5.11 Å². The van der Waals surface area contributed by atoms with Gasteiger partial charge < -0.3 is 5.11 Å². The second kappa shape index (κ2) is 5.95. The van der Waals surface area contributed by atoms with E-state index in [1.807, 2.05) is 0 Å². The van der Waals surface area contributed by atoms with Gasteiger partial charge in [0.1, 0.15) is 0 Å². The zero-order chi connectivity index (χ0) is 15.5. The molecular weight excluding hydrogens is 283 g/mol. The van der Waals surface area contributed by atoms with Crippen molar-refractivity contribution in [2.75, 3.05) is 0 Å². The molecule has 0 radical (unpaired) electrons. The van der Waals surface area contributed by atoms with Crippen molar-refractivity contribution in [3.8, 4) is 11.3 Å². The molecule has 2 aromatic rings. The van der Waals surface area contributed by atoms with Crippen LogP contribution >= 0.6 is 0 Å². The molecule has 110 valence electrons. The van der Waals surface area contributed by atoms with Crippen LogP contribution in [0.5, 0.6) is 0 Å². The SMILES string of the molecule is O=C(O)CCc1cccnc1-c1ccc(C(F)(F)F)cc1. The summed E-state index contributed by atoms with van der Waals surface area (Å²) in [6, 6.07) is 8.06. The van der Waals surface area contributed by atoms with E-state index in [0.29, 0.717) is 16.8 Å². The zero-order valence-corrected chi connectivity index (χ0v) is 10.9. The number of aromatic nitrogens is 1. The maximum absolute atomic E-state index is 12.5. The average Bonchev–Trinajstić information content (AvgIpc) is 2.44. The number of benzene rings is 1. The highest BCUT2D eigenvalue weighted by molar-refractivity contribution is 5.69. The molecule has 6 heteroatoms. The Labute approximate surface area is 119 Å². The molecule has 0 fully saturated rings. The Morgan fingerprint density at radius 3 is 2.38 bits per heavy atom. The molecule has 0 aliphatic heterocycles. The highest BCUT2D eigenvalue weighted by atomic mass is 19.4. The molecule has 0 saturated heterocycles. The fraction of sp³-hybridized carbons (Fsp3) is 0.200. The van der Waals surface area contributed by atoms with E-state index >= 15 is 0 Å². The number of carbonyl (C=O) groups is 1. The third kappa shape index (κ3) is 3.81. The number of carboxylic acids is 1. The van der Waals surface area contributed by atoms with Crippen molar-refractivity contribution in [3.63, 3.8) is 0 Å². The predicted molar refractivity (Wildman–Crippen MR) is 70.6 cm³/mol. The van der Waals surface area contributed by atoms with Crippen molar-refractivity contribution >= 4 is 5.97 Å². The number of aliphatic carboxylic acids is 1. The van der Waals surface area contributed by atoms with E-state index in [-0.39, 0.29) is 12.8 Å². The summed E-state index contributed by atoms with van der Waals surface area (Å²) in [6.07, 6.45) is -2.63. The molecule has 2 rings (SSSR count). The van der Waals surface area contributed by atoms with Gasteiger partial charge in [-0.2, -0.15) is 13.2 Å². The number of halogens is 3. The van der Waals surface area contributed by atoms with E-state index in [9.17, 15) is 18.0 Å². The van der Waals surface area contributed by atoms with Gasteiger partial charge in [0.25, 0.3) is 0 Å². The van der Waals surface area contributed by atoms with Crippen LogP contribution in [0.3, 0.4) is 0 Å². The third-order valence-electron chi connectivity index (χ3n) is 2.99. The highest BCUT2D eigenvalue weighted by Gasteiger charge is 2.30. The first-order valence-corrected chi connectivity index (χ1v) is 6.21. The van der Waals surface area contributed by atoms with E-state index in [1.165, 1.54) is 18.3 Å². The maximum Gasteiger partial charge on any atom is 0.416 e. The van der Waals surface area contributed by atoms with Crippen LogP contribution in [-0.2, 0) is 17.4 Å². The molecule has 0 aliphatic carbocycles. The van der Waals surface area contributed by atoms with Gasteiger partial charge in [-0.1, -0.05) is 18.2 Å². The Bertz CT molecular complexity index is 636. The van der Waals surface area contributed by atoms with Crippen LogP contribution in [0.15, 0.2) is 42.6 Å². The minimum atomic E-state index is -4.38. The summed E-state index contributed by atoms with van der Waals surface area (Å²) in [5.41, 5.74) is 1.00. The Morgan fingerprint density at radius 1 is 1.14 bits per heavy atom. The second-order valence-corrected chi connectivity index (χ2v) is 4.48. The van der Waals surface area contributed by atoms with Crippen LogP contribution in [-0.4, -0.2) is 16.1 Å². The first kappa shape index (κ1) is 15.0. The van der Waals surface area contributed by atoms with Gasteiger partial charge in [0.05, 0.1) is 11.3 Å². The second-order valence-electron chi connectivity index (χ2n) is 4.48. The van der Waals surface area contributed by atoms with Crippen molar-refractivity contribution in [1.82, 2.24) is 4.98 Å². The summed E-state index contributed by atoms with van der Waals surface area (Å²) in [4.78, 5) is 14.8. The van der Waals surface area contributed by atoms with Crippen LogP contribution in [0.2, 0.25) is 0 Å². The Balaban J connectivity index is 2.31. The average molecular weight is 295 g/mol. The molecule has 3 nitrogen and oxygen atoms in total. The van der Waals surface area contributed by atoms with Gasteiger partial charge in [-0.15, -0.1) is 0 Å². The van der Waals surface area contributed by atoms with Crippen molar-refractivity contribution in [2.45, 2.75) is 19.0 Å². The van der Waals surface area contributed by atoms with E-state index in [0.717, 1.165) is 12.1 Å². The summed E-state index contributed by atoms with van der Waals surface area (Å²) >= 11 is 0. The molecule has 0 atom stereocenters. The van der Waals surface area contributed by atoms with Gasteiger partial charge in [-0.05, 0) is 30.2 Å². The molecular formula is C15H12F3NO2. The molecule has 0 unspecified atom stereocenters. The van der Waals surface area contributed by atoms with E-state index in [2.05, 4.69) is 4.98 Å². The van der Waals surface area contributed by atoms with Gasteiger partial charge in [0.2, 0.25) is 0 Å². The Morgan fingerprint density at radius 2 is 1.81 bits per heavy atom. The molecule has 0 aliphatic rings. The van der Waals surface area contributed by atoms with Gasteiger partial charge in [-0.25, -0.2) is 0 Å². The van der Waals surface area contributed by atoms with Crippen LogP contribution in [0.25, 0.3) is 11.3 Å². The smallest absolute Gasteiger partial charge is 0.416 e. The topological polar surface area (TPSA) is 50.2 Å². The van der Waals surface area contributed by atoms with Crippen molar-refractivity contribution in [2.24, 2.45) is 0 Å². The fourth-order valence-corrected chi connectivity index (χ4v) is 1.96. The fourth-order valence-electron chi connectivity index (χ4n) is 1.96. The van der Waals surface area contributed by atoms with Crippen LogP contribution < -0.4 is 0 Å². The zero-order valence-electron chi connectivity index (χ0n) is 10.9. The van der Waals surface area contributed by atoms with Gasteiger partial charge in [-0.3, -0.25) is 9.78 Å². The summed E-state index contributed by atoms with van der Waals surface area (Å²) < 4.78 is 37.6. The standard InChI is InChI=1S/C15H12F3NO2/c16-15(17,18)12-6-3-11(4-7-12)14-10(2-1-9-19-14)5-8-13(20)21/h1-4,6-7,9H,5,8H2,(H,20,21). The van der Waals surface area contributed by atoms with Crippen LogP contribution in [0.4, 0.5) is 13.2 Å². The molecule has 21 heavy (non-hydrogen) atoms. The largest absolute Gasteiger partial charge is 0.481 e. The number of pyridine rings is 1. The summed E-state index contributed by atoms with van der Waals surface area (Å²) in [5, 5.41) is 8.72. The van der Waals surface area contributed by atoms with Gasteiger partial charge >= 0.3 is 12.1 Å². The number of rotatable bonds is 4. The first-order chi connectivity index (χ1) is 9.88. The normalized spacial score (nSPS) is 11.4. The molecule has 0 amide bonds.